The van der Waals surface area contributed by atoms with E-state index < -0.39 is 29.0 Å². The van der Waals surface area contributed by atoms with Crippen LogP contribution in [0.2, 0.25) is 0 Å². The molecule has 3 aromatic carbocycles. The van der Waals surface area contributed by atoms with E-state index in [1.54, 1.807) is 55.3 Å². The molecule has 0 bridgehead atoms. The predicted octanol–water partition coefficient (Wildman–Crippen LogP) is 8.17. The number of hydrogen-bond acceptors (Lipinski definition) is 14. The van der Waals surface area contributed by atoms with Crippen molar-refractivity contribution in [3.05, 3.63) is 65.1 Å². The van der Waals surface area contributed by atoms with Gasteiger partial charge in [0.25, 0.3) is 0 Å². The first kappa shape index (κ1) is 48.9. The molecule has 6 rings (SSSR count). The van der Waals surface area contributed by atoms with Crippen LogP contribution in [-0.2, 0) is 14.1 Å². The number of carbonyl (C=O) groups is 2. The van der Waals surface area contributed by atoms with Crippen LogP contribution in [0.15, 0.2) is 63.9 Å². The van der Waals surface area contributed by atoms with Crippen molar-refractivity contribution in [1.82, 2.24) is 20.3 Å². The Balaban J connectivity index is 1.43. The van der Waals surface area contributed by atoms with Gasteiger partial charge in [-0.25, -0.2) is 14.4 Å². The predicted molar refractivity (Wildman–Crippen MR) is 253 cm³/mol. The van der Waals surface area contributed by atoms with Crippen LogP contribution in [0.3, 0.4) is 0 Å². The van der Waals surface area contributed by atoms with E-state index in [1.165, 1.54) is 7.62 Å². The van der Waals surface area contributed by atoms with E-state index in [9.17, 15) is 14.4 Å². The third kappa shape index (κ3) is 12.0. The fourth-order valence-electron chi connectivity index (χ4n) is 7.29. The lowest BCUT2D eigenvalue weighted by atomic mass is 9.97. The number of ether oxygens (including phenoxy) is 8. The summed E-state index contributed by atoms with van der Waals surface area (Å²) in [6, 6.07) is 14.8. The van der Waals surface area contributed by atoms with Gasteiger partial charge in [0.2, 0.25) is 0 Å². The maximum absolute atomic E-state index is 14.3. The quantitative estimate of drug-likeness (QED) is 0.0356. The van der Waals surface area contributed by atoms with Gasteiger partial charge in [0.05, 0.1) is 46.7 Å². The molecule has 353 valence electrons. The molecule has 3 heterocycles. The van der Waals surface area contributed by atoms with Crippen molar-refractivity contribution in [3.63, 3.8) is 0 Å². The first-order valence-corrected chi connectivity index (χ1v) is 21.8. The van der Waals surface area contributed by atoms with Crippen molar-refractivity contribution in [2.75, 3.05) is 67.9 Å². The van der Waals surface area contributed by atoms with Gasteiger partial charge < -0.3 is 67.2 Å². The molecular weight excluding hydrogens is 851 g/mol. The number of amides is 2. The molecule has 0 aliphatic rings. The molecular formula is C48H60BN4O13. The number of fused-ring (bicyclic) bond motifs is 7. The molecule has 3 aromatic heterocycles. The third-order valence-electron chi connectivity index (χ3n) is 10.0. The smallest absolute Gasteiger partial charge is 0.407 e. The summed E-state index contributed by atoms with van der Waals surface area (Å²) in [7, 11) is 7.75. The maximum atomic E-state index is 14.3. The van der Waals surface area contributed by atoms with Gasteiger partial charge in [0, 0.05) is 54.2 Å². The van der Waals surface area contributed by atoms with E-state index in [0.717, 1.165) is 10.8 Å². The fraction of sp³-hybridized carbons (Fsp3) is 0.438. The zero-order valence-corrected chi connectivity index (χ0v) is 39.4. The standard InChI is InChI=1S/C48H60BN4O13/c1-47(2,3)65-45(55)50-17-11-21-61-33-15-14-30(25-35(33)57-7)40-41-32-27-37(59-9)39(63-23-13-19-52-49-60-10)28-34(32)64-44(54)43(41)53-20-16-29-24-38(36(58-8)26-31(29)42(40)53)62-22-12-18-51-46(56)66-48(4,5)6/h14-16,20,24-28,52H,11-13,17-19,21-23H2,1-10H3,(H,50,55)(H,51,56). The zero-order chi connectivity index (χ0) is 47.6. The minimum Gasteiger partial charge on any atom is -0.493 e. The van der Waals surface area contributed by atoms with Crippen LogP contribution in [0.5, 0.6) is 34.5 Å². The summed E-state index contributed by atoms with van der Waals surface area (Å²) in [6.07, 6.45) is 2.53. The second-order valence-electron chi connectivity index (χ2n) is 17.2. The molecule has 0 fully saturated rings. The number of nitrogens with zero attached hydrogens (tertiary/aromatic N) is 1. The summed E-state index contributed by atoms with van der Waals surface area (Å²) >= 11 is 0. The highest BCUT2D eigenvalue weighted by molar-refractivity contribution is 6.23. The van der Waals surface area contributed by atoms with E-state index >= 15 is 0 Å². The monoisotopic (exact) mass is 911 g/mol. The summed E-state index contributed by atoms with van der Waals surface area (Å²) in [6.45, 7) is 13.1. The molecule has 3 N–H and O–H groups in total. The minimum absolute atomic E-state index is 0.288. The average molecular weight is 912 g/mol. The number of aromatic nitrogens is 1. The fourth-order valence-corrected chi connectivity index (χ4v) is 7.29. The molecule has 18 heteroatoms. The Morgan fingerprint density at radius 3 is 1.76 bits per heavy atom. The largest absolute Gasteiger partial charge is 0.493 e. The highest BCUT2D eigenvalue weighted by atomic mass is 16.6. The van der Waals surface area contributed by atoms with Crippen LogP contribution in [-0.4, -0.2) is 103 Å². The number of carbonyl (C=O) groups excluding carboxylic acids is 2. The van der Waals surface area contributed by atoms with E-state index in [-0.39, 0.29) is 6.61 Å². The zero-order valence-electron chi connectivity index (χ0n) is 39.4. The number of alkyl carbamates (subject to hydrolysis) is 2. The van der Waals surface area contributed by atoms with Crippen LogP contribution in [0.25, 0.3) is 49.3 Å². The first-order valence-electron chi connectivity index (χ1n) is 21.8. The Hall–Kier alpha value is -6.53. The SMILES string of the molecule is CO[B]NCCCOc1cc2oc(=O)c3c(c(-c4ccc(OCCCNC(=O)OC(C)(C)C)c(OC)c4)c4c5cc(OC)c(OCCCNC(=O)OC(C)(C)C)cc5ccn43)c2cc1OC. The van der Waals surface area contributed by atoms with Gasteiger partial charge in [-0.05, 0) is 115 Å². The summed E-state index contributed by atoms with van der Waals surface area (Å²) in [4.78, 5) is 38.6. The van der Waals surface area contributed by atoms with Crippen LogP contribution in [0, 0.1) is 0 Å². The number of nitrogens with one attached hydrogen (secondary N) is 3. The van der Waals surface area contributed by atoms with Crippen molar-refractivity contribution in [3.8, 4) is 45.6 Å². The van der Waals surface area contributed by atoms with Gasteiger partial charge in [0.15, 0.2) is 34.5 Å². The van der Waals surface area contributed by atoms with Gasteiger partial charge in [-0.2, -0.15) is 0 Å². The Morgan fingerprint density at radius 2 is 1.18 bits per heavy atom. The van der Waals surface area contributed by atoms with Gasteiger partial charge in [0.1, 0.15) is 22.3 Å². The summed E-state index contributed by atoms with van der Waals surface area (Å²) in [5, 5.41) is 11.3. The summed E-state index contributed by atoms with van der Waals surface area (Å²) in [5.74, 6) is 2.78. The van der Waals surface area contributed by atoms with Crippen molar-refractivity contribution >= 4 is 58.0 Å². The molecule has 2 amide bonds. The van der Waals surface area contributed by atoms with Crippen molar-refractivity contribution < 1.29 is 56.6 Å². The van der Waals surface area contributed by atoms with Crippen molar-refractivity contribution in [1.29, 1.82) is 0 Å². The molecule has 66 heavy (non-hydrogen) atoms. The summed E-state index contributed by atoms with van der Waals surface area (Å²) in [5.41, 5.74) is 0.956. The molecule has 0 saturated heterocycles. The molecule has 0 aliphatic heterocycles. The van der Waals surface area contributed by atoms with Crippen LogP contribution >= 0.6 is 0 Å². The second-order valence-corrected chi connectivity index (χ2v) is 17.2. The van der Waals surface area contributed by atoms with Gasteiger partial charge in [-0.3, -0.25) is 0 Å². The number of benzene rings is 3. The van der Waals surface area contributed by atoms with Gasteiger partial charge in [-0.15, -0.1) is 0 Å². The molecule has 0 spiro atoms. The molecule has 0 aliphatic carbocycles. The lowest BCUT2D eigenvalue weighted by Gasteiger charge is -2.19. The Labute approximate surface area is 384 Å². The lowest BCUT2D eigenvalue weighted by molar-refractivity contribution is 0.0513. The Bertz CT molecular complexity index is 2720. The Kier molecular flexibility index (Phi) is 16.0. The number of methoxy groups -OCH3 is 3. The van der Waals surface area contributed by atoms with Gasteiger partial charge in [-0.1, -0.05) is 6.07 Å². The number of rotatable bonds is 21. The molecule has 17 nitrogen and oxygen atoms in total. The highest BCUT2D eigenvalue weighted by Gasteiger charge is 2.26. The van der Waals surface area contributed by atoms with E-state index in [0.29, 0.717) is 125 Å². The minimum atomic E-state index is -0.603. The summed E-state index contributed by atoms with van der Waals surface area (Å²) < 4.78 is 59.7. The molecule has 0 saturated carbocycles. The molecule has 6 aromatic rings. The average Bonchev–Trinajstić information content (AvgIpc) is 3.62. The normalized spacial score (nSPS) is 11.7. The van der Waals surface area contributed by atoms with Crippen molar-refractivity contribution in [2.24, 2.45) is 0 Å². The Morgan fingerprint density at radius 1 is 0.636 bits per heavy atom. The topological polar surface area (TPSA) is 188 Å². The van der Waals surface area contributed by atoms with Crippen molar-refractivity contribution in [2.45, 2.75) is 72.0 Å². The first-order chi connectivity index (χ1) is 31.5. The second kappa shape index (κ2) is 21.6. The number of pyridine rings is 1. The van der Waals surface area contributed by atoms with E-state index in [2.05, 4.69) is 15.9 Å². The lowest BCUT2D eigenvalue weighted by Crippen LogP contribution is -2.33. The van der Waals surface area contributed by atoms with Crippen LogP contribution < -0.4 is 49.9 Å². The number of hydrogen-bond donors (Lipinski definition) is 3. The molecule has 0 unspecified atom stereocenters. The molecule has 0 atom stereocenters. The van der Waals surface area contributed by atoms with E-state index in [4.69, 9.17) is 47.0 Å². The molecule has 1 radical (unpaired) electrons. The van der Waals surface area contributed by atoms with Crippen LogP contribution in [0.1, 0.15) is 60.8 Å². The van der Waals surface area contributed by atoms with Crippen LogP contribution in [0.4, 0.5) is 9.59 Å². The highest BCUT2D eigenvalue weighted by Crippen LogP contribution is 2.46. The van der Waals surface area contributed by atoms with E-state index in [1.807, 2.05) is 73.8 Å². The van der Waals surface area contributed by atoms with Gasteiger partial charge >= 0.3 is 25.4 Å². The third-order valence-corrected chi connectivity index (χ3v) is 10.0. The maximum Gasteiger partial charge on any atom is 0.407 e.